The van der Waals surface area contributed by atoms with Crippen LogP contribution in [0.15, 0.2) is 24.3 Å². The highest BCUT2D eigenvalue weighted by Gasteiger charge is 2.32. The van der Waals surface area contributed by atoms with Gasteiger partial charge in [0.1, 0.15) is 5.54 Å². The summed E-state index contributed by atoms with van der Waals surface area (Å²) in [6.45, 7) is 6.65. The van der Waals surface area contributed by atoms with E-state index in [4.69, 9.17) is 16.3 Å². The van der Waals surface area contributed by atoms with E-state index in [0.717, 1.165) is 0 Å². The molecule has 0 saturated carbocycles. The van der Waals surface area contributed by atoms with E-state index in [1.165, 1.54) is 6.92 Å². The molecular formula is C19H23ClN2O4. The Bertz CT molecular complexity index is 709. The Labute approximate surface area is 158 Å². The zero-order chi connectivity index (χ0) is 19.9. The molecule has 7 heteroatoms. The van der Waals surface area contributed by atoms with Gasteiger partial charge in [-0.2, -0.15) is 5.26 Å². The average Bonchev–Trinajstić information content (AvgIpc) is 2.59. The van der Waals surface area contributed by atoms with Crippen molar-refractivity contribution in [3.05, 3.63) is 34.9 Å². The summed E-state index contributed by atoms with van der Waals surface area (Å²) in [5.41, 5.74) is -0.600. The number of benzene rings is 1. The van der Waals surface area contributed by atoms with Crippen LogP contribution < -0.4 is 5.32 Å². The Balaban J connectivity index is 2.51. The van der Waals surface area contributed by atoms with Gasteiger partial charge in [0, 0.05) is 17.0 Å². The van der Waals surface area contributed by atoms with Crippen LogP contribution >= 0.6 is 11.6 Å². The Hall–Kier alpha value is -2.39. The fourth-order valence-electron chi connectivity index (χ4n) is 1.96. The van der Waals surface area contributed by atoms with Gasteiger partial charge >= 0.3 is 5.97 Å². The molecule has 0 bridgehead atoms. The van der Waals surface area contributed by atoms with E-state index in [-0.39, 0.29) is 24.5 Å². The molecule has 1 N–H and O–H groups in total. The molecule has 0 spiro atoms. The average molecular weight is 379 g/mol. The number of ether oxygens (including phenoxy) is 1. The van der Waals surface area contributed by atoms with Crippen LogP contribution in [-0.4, -0.2) is 29.3 Å². The number of esters is 1. The van der Waals surface area contributed by atoms with Crippen molar-refractivity contribution >= 4 is 29.3 Å². The van der Waals surface area contributed by atoms with Gasteiger partial charge < -0.3 is 10.1 Å². The lowest BCUT2D eigenvalue weighted by atomic mass is 9.90. The number of carbonyl (C=O) groups is 3. The van der Waals surface area contributed by atoms with Crippen LogP contribution in [0.1, 0.15) is 50.9 Å². The molecule has 0 radical (unpaired) electrons. The molecule has 0 aromatic heterocycles. The maximum atomic E-state index is 12.1. The summed E-state index contributed by atoms with van der Waals surface area (Å²) >= 11 is 5.76. The number of nitrogens with zero attached hydrogens (tertiary/aromatic N) is 1. The first-order chi connectivity index (χ1) is 12.1. The highest BCUT2D eigenvalue weighted by molar-refractivity contribution is 6.30. The van der Waals surface area contributed by atoms with Gasteiger partial charge in [0.25, 0.3) is 5.91 Å². The van der Waals surface area contributed by atoms with Crippen LogP contribution in [-0.2, 0) is 14.3 Å². The summed E-state index contributed by atoms with van der Waals surface area (Å²) in [5.74, 6) is -1.54. The molecule has 0 aliphatic heterocycles. The largest absolute Gasteiger partial charge is 0.453 e. The fourth-order valence-corrected chi connectivity index (χ4v) is 2.09. The minimum Gasteiger partial charge on any atom is -0.453 e. The Morgan fingerprint density at radius 1 is 1.19 bits per heavy atom. The van der Waals surface area contributed by atoms with Gasteiger partial charge in [-0.05, 0) is 44.0 Å². The van der Waals surface area contributed by atoms with Crippen molar-refractivity contribution in [3.8, 4) is 6.07 Å². The summed E-state index contributed by atoms with van der Waals surface area (Å²) in [5, 5.41) is 12.3. The molecule has 0 heterocycles. The summed E-state index contributed by atoms with van der Waals surface area (Å²) in [6.07, 6.45) is -1.23. The van der Waals surface area contributed by atoms with Crippen LogP contribution in [0, 0.1) is 17.2 Å². The molecule has 1 amide bonds. The molecule has 26 heavy (non-hydrogen) atoms. The van der Waals surface area contributed by atoms with E-state index in [9.17, 15) is 19.6 Å². The predicted molar refractivity (Wildman–Crippen MR) is 97.6 cm³/mol. The second-order valence-electron chi connectivity index (χ2n) is 6.52. The number of amides is 1. The fraction of sp³-hybridized carbons (Fsp3) is 0.474. The first kappa shape index (κ1) is 21.7. The maximum Gasteiger partial charge on any atom is 0.307 e. The van der Waals surface area contributed by atoms with Crippen LogP contribution in [0.2, 0.25) is 5.02 Å². The molecule has 2 atom stereocenters. The van der Waals surface area contributed by atoms with Crippen LogP contribution in [0.25, 0.3) is 0 Å². The van der Waals surface area contributed by atoms with E-state index >= 15 is 0 Å². The normalized spacial score (nSPS) is 14.0. The maximum absolute atomic E-state index is 12.1. The lowest BCUT2D eigenvalue weighted by molar-refractivity contribution is -0.155. The van der Waals surface area contributed by atoms with E-state index < -0.39 is 23.5 Å². The second kappa shape index (κ2) is 9.35. The minimum absolute atomic E-state index is 0.0310. The molecule has 0 aliphatic carbocycles. The van der Waals surface area contributed by atoms with Gasteiger partial charge in [0.2, 0.25) is 0 Å². The van der Waals surface area contributed by atoms with Gasteiger partial charge in [0.05, 0.1) is 12.5 Å². The number of nitrogens with one attached hydrogen (secondary N) is 1. The molecular weight excluding hydrogens is 356 g/mol. The zero-order valence-corrected chi connectivity index (χ0v) is 16.1. The molecule has 0 unspecified atom stereocenters. The van der Waals surface area contributed by atoms with Crippen LogP contribution in [0.4, 0.5) is 0 Å². The highest BCUT2D eigenvalue weighted by atomic mass is 35.5. The summed E-state index contributed by atoms with van der Waals surface area (Å²) in [6, 6.07) is 8.42. The van der Waals surface area contributed by atoms with Crippen LogP contribution in [0.3, 0.4) is 0 Å². The third kappa shape index (κ3) is 6.16. The van der Waals surface area contributed by atoms with E-state index in [1.807, 2.05) is 13.8 Å². The molecule has 6 nitrogen and oxygen atoms in total. The van der Waals surface area contributed by atoms with Gasteiger partial charge in [-0.1, -0.05) is 25.4 Å². The van der Waals surface area contributed by atoms with Crippen molar-refractivity contribution in [2.24, 2.45) is 5.92 Å². The first-order valence-corrected chi connectivity index (χ1v) is 8.68. The molecule has 0 saturated heterocycles. The second-order valence-corrected chi connectivity index (χ2v) is 6.96. The lowest BCUT2D eigenvalue weighted by Gasteiger charge is -2.28. The quantitative estimate of drug-likeness (QED) is 0.553. The first-order valence-electron chi connectivity index (χ1n) is 8.30. The Morgan fingerprint density at radius 3 is 2.27 bits per heavy atom. The van der Waals surface area contributed by atoms with E-state index in [2.05, 4.69) is 11.4 Å². The molecule has 1 aromatic rings. The van der Waals surface area contributed by atoms with Crippen molar-refractivity contribution in [2.45, 2.75) is 52.2 Å². The number of rotatable bonds is 8. The standard InChI is InChI=1S/C19H23ClN2O4/c1-12(2)19(4,11-21)22-18(25)13(3)26-17(24)10-9-16(23)14-5-7-15(20)8-6-14/h5-8,12-13H,9-10H2,1-4H3,(H,22,25)/t13-,19+/m1/s1. The lowest BCUT2D eigenvalue weighted by Crippen LogP contribution is -2.52. The number of halogens is 1. The van der Waals surface area contributed by atoms with Crippen molar-refractivity contribution < 1.29 is 19.1 Å². The SMILES string of the molecule is CC(C)[C@](C)(C#N)NC(=O)[C@@H](C)OC(=O)CCC(=O)c1ccc(Cl)cc1. The third-order valence-electron chi connectivity index (χ3n) is 4.17. The zero-order valence-electron chi connectivity index (χ0n) is 15.3. The minimum atomic E-state index is -1.06. The van der Waals surface area contributed by atoms with Crippen LogP contribution in [0.5, 0.6) is 0 Å². The van der Waals surface area contributed by atoms with Crippen molar-refractivity contribution in [2.75, 3.05) is 0 Å². The molecule has 0 fully saturated rings. The smallest absolute Gasteiger partial charge is 0.307 e. The predicted octanol–water partition coefficient (Wildman–Crippen LogP) is 3.29. The highest BCUT2D eigenvalue weighted by Crippen LogP contribution is 2.16. The number of hydrogen-bond donors (Lipinski definition) is 1. The summed E-state index contributed by atoms with van der Waals surface area (Å²) in [4.78, 5) is 36.0. The molecule has 1 rings (SSSR count). The van der Waals surface area contributed by atoms with Crippen molar-refractivity contribution in [3.63, 3.8) is 0 Å². The number of carbonyl (C=O) groups excluding carboxylic acids is 3. The number of Topliss-reactive ketones (excluding diaryl/α,β-unsaturated/α-hetero) is 1. The third-order valence-corrected chi connectivity index (χ3v) is 4.42. The van der Waals surface area contributed by atoms with E-state index in [1.54, 1.807) is 31.2 Å². The summed E-state index contributed by atoms with van der Waals surface area (Å²) < 4.78 is 5.05. The number of nitriles is 1. The van der Waals surface area contributed by atoms with Crippen molar-refractivity contribution in [1.29, 1.82) is 5.26 Å². The molecule has 140 valence electrons. The van der Waals surface area contributed by atoms with E-state index in [0.29, 0.717) is 10.6 Å². The Kier molecular flexibility index (Phi) is 7.78. The molecule has 1 aromatic carbocycles. The monoisotopic (exact) mass is 378 g/mol. The summed E-state index contributed by atoms with van der Waals surface area (Å²) in [7, 11) is 0. The number of ketones is 1. The Morgan fingerprint density at radius 2 is 1.77 bits per heavy atom. The topological polar surface area (TPSA) is 96.3 Å². The van der Waals surface area contributed by atoms with Gasteiger partial charge in [-0.3, -0.25) is 14.4 Å². The van der Waals surface area contributed by atoms with Gasteiger partial charge in [-0.25, -0.2) is 0 Å². The van der Waals surface area contributed by atoms with Gasteiger partial charge in [-0.15, -0.1) is 0 Å². The van der Waals surface area contributed by atoms with Crippen molar-refractivity contribution in [1.82, 2.24) is 5.32 Å². The molecule has 0 aliphatic rings. The van der Waals surface area contributed by atoms with Gasteiger partial charge in [0.15, 0.2) is 11.9 Å². The number of hydrogen-bond acceptors (Lipinski definition) is 5.